The van der Waals surface area contributed by atoms with Crippen LogP contribution in [0.25, 0.3) is 55.8 Å². The Morgan fingerprint density at radius 1 is 0.311 bits per heavy atom. The van der Waals surface area contributed by atoms with Crippen molar-refractivity contribution in [3.8, 4) is 56.4 Å². The smallest absolute Gasteiger partial charge is 0.160 e. The van der Waals surface area contributed by atoms with Gasteiger partial charge in [-0.25, -0.2) is 9.97 Å². The molecule has 0 unspecified atom stereocenters. The van der Waals surface area contributed by atoms with E-state index < -0.39 is 10.8 Å². The third-order valence-electron chi connectivity index (χ3n) is 13.4. The van der Waals surface area contributed by atoms with Crippen molar-refractivity contribution in [2.24, 2.45) is 0 Å². The van der Waals surface area contributed by atoms with E-state index in [0.29, 0.717) is 5.82 Å². The molecule has 0 fully saturated rings. The molecule has 2 spiro atoms. The molecular weight excluding hydrogens is 741 g/mol. The van der Waals surface area contributed by atoms with Crippen LogP contribution in [0.4, 0.5) is 0 Å². The van der Waals surface area contributed by atoms with Crippen molar-refractivity contribution < 1.29 is 4.74 Å². The summed E-state index contributed by atoms with van der Waals surface area (Å²) < 4.78 is 7.00. The molecule has 10 aromatic rings. The van der Waals surface area contributed by atoms with Crippen LogP contribution in [0.2, 0.25) is 0 Å². The first kappa shape index (κ1) is 34.0. The highest BCUT2D eigenvalue weighted by Gasteiger charge is 2.58. The summed E-state index contributed by atoms with van der Waals surface area (Å²) in [6, 6.07) is 79.1. The van der Waals surface area contributed by atoms with Crippen LogP contribution >= 0.6 is 0 Å². The molecule has 9 aromatic carbocycles. The van der Waals surface area contributed by atoms with Crippen molar-refractivity contribution >= 4 is 10.9 Å². The number of hydrogen-bond donors (Lipinski definition) is 0. The van der Waals surface area contributed by atoms with Crippen molar-refractivity contribution in [3.63, 3.8) is 0 Å². The van der Waals surface area contributed by atoms with Gasteiger partial charge in [0.2, 0.25) is 0 Å². The third kappa shape index (κ3) is 4.58. The molecular formula is C58H36N2O. The van der Waals surface area contributed by atoms with Gasteiger partial charge in [-0.3, -0.25) is 0 Å². The second kappa shape index (κ2) is 12.8. The van der Waals surface area contributed by atoms with E-state index in [0.717, 1.165) is 61.5 Å². The maximum Gasteiger partial charge on any atom is 0.160 e. The molecule has 0 saturated carbocycles. The van der Waals surface area contributed by atoms with E-state index in [-0.39, 0.29) is 0 Å². The number of benzene rings is 9. The quantitative estimate of drug-likeness (QED) is 0.179. The number of para-hydroxylation sites is 2. The highest BCUT2D eigenvalue weighted by atomic mass is 16.5. The molecule has 0 radical (unpaired) electrons. The van der Waals surface area contributed by atoms with Crippen molar-refractivity contribution in [1.29, 1.82) is 0 Å². The molecule has 0 N–H and O–H groups in total. The van der Waals surface area contributed by atoms with Gasteiger partial charge in [-0.15, -0.1) is 0 Å². The van der Waals surface area contributed by atoms with Crippen LogP contribution < -0.4 is 4.74 Å². The third-order valence-corrected chi connectivity index (χ3v) is 13.4. The van der Waals surface area contributed by atoms with Gasteiger partial charge in [0.05, 0.1) is 22.0 Å². The van der Waals surface area contributed by atoms with E-state index in [9.17, 15) is 0 Å². The lowest BCUT2D eigenvalue weighted by Gasteiger charge is -2.51. The maximum atomic E-state index is 7.00. The van der Waals surface area contributed by atoms with Crippen LogP contribution in [0.5, 0.6) is 11.5 Å². The van der Waals surface area contributed by atoms with E-state index in [1.165, 1.54) is 44.5 Å². The standard InChI is InChI=1S/C58H36N2O/c1-2-16-38(17-3-1)55-43-20-6-14-28-52(43)59-56(60-55)39-32-30-37(31-33-39)40-34-35-51-54(36-40)61-53-29-15-13-27-50(53)58(51)48-25-11-9-23-46(48)57(47-24-10-12-26-49(47)58)44-21-7-4-18-41(44)42-19-5-8-22-45(42)57/h1-36H. The fourth-order valence-corrected chi connectivity index (χ4v) is 11.0. The Morgan fingerprint density at radius 2 is 0.787 bits per heavy atom. The Labute approximate surface area is 354 Å². The van der Waals surface area contributed by atoms with Crippen LogP contribution in [0.1, 0.15) is 44.5 Å². The molecule has 0 amide bonds. The number of fused-ring (bicyclic) bond motifs is 16. The lowest BCUT2D eigenvalue weighted by atomic mass is 9.51. The average Bonchev–Trinajstić information content (AvgIpc) is 3.63. The van der Waals surface area contributed by atoms with Crippen molar-refractivity contribution in [3.05, 3.63) is 263 Å². The summed E-state index contributed by atoms with van der Waals surface area (Å²) in [6.07, 6.45) is 0. The lowest BCUT2D eigenvalue weighted by Crippen LogP contribution is -2.45. The minimum Gasteiger partial charge on any atom is -0.457 e. The summed E-state index contributed by atoms with van der Waals surface area (Å²) in [5, 5.41) is 1.04. The molecule has 1 aliphatic heterocycles. The minimum absolute atomic E-state index is 0.489. The Morgan fingerprint density at radius 3 is 1.44 bits per heavy atom. The predicted molar refractivity (Wildman–Crippen MR) is 245 cm³/mol. The summed E-state index contributed by atoms with van der Waals surface area (Å²) in [6.45, 7) is 0. The first-order valence-electron chi connectivity index (χ1n) is 21.0. The minimum atomic E-state index is -0.638. The van der Waals surface area contributed by atoms with Crippen molar-refractivity contribution in [2.75, 3.05) is 0 Å². The summed E-state index contributed by atoms with van der Waals surface area (Å²) in [7, 11) is 0. The molecule has 13 rings (SSSR count). The number of aromatic nitrogens is 2. The Bertz CT molecular complexity index is 3310. The summed E-state index contributed by atoms with van der Waals surface area (Å²) in [4.78, 5) is 10.1. The first-order chi connectivity index (χ1) is 30.2. The van der Waals surface area contributed by atoms with Gasteiger partial charge in [-0.1, -0.05) is 200 Å². The predicted octanol–water partition coefficient (Wildman–Crippen LogP) is 13.8. The topological polar surface area (TPSA) is 35.0 Å². The Balaban J connectivity index is 0.990. The number of hydrogen-bond acceptors (Lipinski definition) is 3. The van der Waals surface area contributed by atoms with Crippen LogP contribution in [0, 0.1) is 0 Å². The fraction of sp³-hybridized carbons (Fsp3) is 0.0345. The van der Waals surface area contributed by atoms with E-state index in [4.69, 9.17) is 14.7 Å². The number of ether oxygens (including phenoxy) is 1. The maximum absolute atomic E-state index is 7.00. The lowest BCUT2D eigenvalue weighted by molar-refractivity contribution is 0.429. The molecule has 2 heterocycles. The van der Waals surface area contributed by atoms with Gasteiger partial charge in [0, 0.05) is 27.6 Å². The van der Waals surface area contributed by atoms with Gasteiger partial charge in [-0.2, -0.15) is 0 Å². The zero-order valence-electron chi connectivity index (χ0n) is 33.1. The molecule has 3 aliphatic rings. The van der Waals surface area contributed by atoms with E-state index in [2.05, 4.69) is 200 Å². The molecule has 0 atom stereocenters. The van der Waals surface area contributed by atoms with Crippen LogP contribution in [-0.4, -0.2) is 9.97 Å². The molecule has 61 heavy (non-hydrogen) atoms. The fourth-order valence-electron chi connectivity index (χ4n) is 11.0. The van der Waals surface area contributed by atoms with Gasteiger partial charge in [0.1, 0.15) is 11.5 Å². The second-order valence-electron chi connectivity index (χ2n) is 16.3. The highest BCUT2D eigenvalue weighted by Crippen LogP contribution is 2.67. The Kier molecular flexibility index (Phi) is 7.15. The van der Waals surface area contributed by atoms with Gasteiger partial charge in [0.15, 0.2) is 5.82 Å². The number of nitrogens with zero attached hydrogens (tertiary/aromatic N) is 2. The molecule has 284 valence electrons. The van der Waals surface area contributed by atoms with Crippen LogP contribution in [-0.2, 0) is 10.8 Å². The van der Waals surface area contributed by atoms with Crippen molar-refractivity contribution in [1.82, 2.24) is 9.97 Å². The van der Waals surface area contributed by atoms with E-state index >= 15 is 0 Å². The second-order valence-corrected chi connectivity index (χ2v) is 16.3. The van der Waals surface area contributed by atoms with Crippen LogP contribution in [0.3, 0.4) is 0 Å². The molecule has 3 nitrogen and oxygen atoms in total. The monoisotopic (exact) mass is 776 g/mol. The molecule has 1 aromatic heterocycles. The van der Waals surface area contributed by atoms with Crippen molar-refractivity contribution in [2.45, 2.75) is 10.8 Å². The first-order valence-corrected chi connectivity index (χ1v) is 21.0. The summed E-state index contributed by atoms with van der Waals surface area (Å²) >= 11 is 0. The molecule has 3 heteroatoms. The largest absolute Gasteiger partial charge is 0.457 e. The van der Waals surface area contributed by atoms with Gasteiger partial charge < -0.3 is 4.74 Å². The number of rotatable bonds is 3. The summed E-state index contributed by atoms with van der Waals surface area (Å²) in [5.74, 6) is 2.44. The zero-order chi connectivity index (χ0) is 40.1. The molecule has 0 bridgehead atoms. The normalized spacial score (nSPS) is 14.3. The summed E-state index contributed by atoms with van der Waals surface area (Å²) in [5.41, 5.74) is 17.7. The molecule has 0 saturated heterocycles. The van der Waals surface area contributed by atoms with Crippen LogP contribution in [0.15, 0.2) is 218 Å². The van der Waals surface area contributed by atoms with E-state index in [1.807, 2.05) is 18.2 Å². The molecule has 2 aliphatic carbocycles. The van der Waals surface area contributed by atoms with E-state index in [1.54, 1.807) is 0 Å². The highest BCUT2D eigenvalue weighted by molar-refractivity contribution is 5.94. The van der Waals surface area contributed by atoms with Gasteiger partial charge in [0.25, 0.3) is 0 Å². The Hall–Kier alpha value is -7.88. The average molecular weight is 777 g/mol. The van der Waals surface area contributed by atoms with Gasteiger partial charge in [-0.05, 0) is 73.8 Å². The van der Waals surface area contributed by atoms with Gasteiger partial charge >= 0.3 is 0 Å². The SMILES string of the molecule is c1ccc(-c2nc(-c3ccc(-c4ccc5c(c4)Oc4ccccc4C54c5ccccc5C5(c6ccccc6-c6ccccc65)c5ccccc54)cc3)nc3ccccc23)cc1. The zero-order valence-corrected chi connectivity index (χ0v) is 33.1.